The van der Waals surface area contributed by atoms with Crippen molar-refractivity contribution in [1.29, 1.82) is 0 Å². The summed E-state index contributed by atoms with van der Waals surface area (Å²) in [7, 11) is 1.21. The van der Waals surface area contributed by atoms with Crippen molar-refractivity contribution in [2.24, 2.45) is 5.92 Å². The Morgan fingerprint density at radius 3 is 2.52 bits per heavy atom. The average Bonchev–Trinajstić information content (AvgIpc) is 3.01. The number of urea groups is 1. The number of carbonyl (C=O) groups excluding carboxylic acids is 5. The van der Waals surface area contributed by atoms with E-state index in [1.165, 1.54) is 25.3 Å². The molecule has 46 heavy (non-hydrogen) atoms. The second-order valence-electron chi connectivity index (χ2n) is 11.4. The zero-order chi connectivity index (χ0) is 33.6. The third-order valence-electron chi connectivity index (χ3n) is 7.42. The van der Waals surface area contributed by atoms with Crippen LogP contribution in [0.1, 0.15) is 44.2 Å². The molecule has 11 nitrogen and oxygen atoms in total. The van der Waals surface area contributed by atoms with E-state index >= 15 is 0 Å². The van der Waals surface area contributed by atoms with Gasteiger partial charge in [-0.3, -0.25) is 14.4 Å². The largest absolute Gasteiger partial charge is 0.467 e. The molecule has 1 aliphatic heterocycles. The molecular formula is C33H41ClFN5O6. The van der Waals surface area contributed by atoms with E-state index in [9.17, 15) is 28.4 Å². The molecule has 2 aromatic carbocycles. The molecule has 3 rings (SSSR count). The van der Waals surface area contributed by atoms with Gasteiger partial charge in [0, 0.05) is 24.1 Å². The van der Waals surface area contributed by atoms with Crippen molar-refractivity contribution in [3.63, 3.8) is 0 Å². The lowest BCUT2D eigenvalue weighted by Gasteiger charge is -2.26. The number of amides is 5. The number of rotatable bonds is 10. The Morgan fingerprint density at radius 1 is 1.07 bits per heavy atom. The van der Waals surface area contributed by atoms with E-state index in [0.29, 0.717) is 35.5 Å². The van der Waals surface area contributed by atoms with Gasteiger partial charge in [-0.15, -0.1) is 0 Å². The summed E-state index contributed by atoms with van der Waals surface area (Å²) in [5.41, 5.74) is 0.990. The number of esters is 1. The predicted molar refractivity (Wildman–Crippen MR) is 171 cm³/mol. The van der Waals surface area contributed by atoms with Crippen LogP contribution in [0.3, 0.4) is 0 Å². The third-order valence-corrected chi connectivity index (χ3v) is 7.65. The molecule has 0 saturated carbocycles. The first kappa shape index (κ1) is 36.0. The molecule has 248 valence electrons. The zero-order valence-corrected chi connectivity index (χ0v) is 26.9. The molecule has 13 heteroatoms. The highest BCUT2D eigenvalue weighted by Crippen LogP contribution is 2.14. The van der Waals surface area contributed by atoms with Crippen LogP contribution in [0.15, 0.2) is 60.7 Å². The van der Waals surface area contributed by atoms with Crippen molar-refractivity contribution < 1.29 is 33.1 Å². The first-order valence-corrected chi connectivity index (χ1v) is 15.5. The SMILES string of the molecule is COC(=O)C(NC(=O)NC(Cc1cccc(Cl)c1)C(=O)N[C@H]1CCCCNC(=O)C=C[C@H](Cc2ccccc2F)NC1=O)C(C)C. The Kier molecular flexibility index (Phi) is 14.0. The van der Waals surface area contributed by atoms with Crippen LogP contribution in [-0.4, -0.2) is 67.5 Å². The van der Waals surface area contributed by atoms with Crippen LogP contribution in [0, 0.1) is 11.7 Å². The van der Waals surface area contributed by atoms with Gasteiger partial charge in [0.2, 0.25) is 17.7 Å². The first-order valence-electron chi connectivity index (χ1n) is 15.2. The number of hydrogen-bond donors (Lipinski definition) is 5. The second kappa shape index (κ2) is 17.9. The minimum Gasteiger partial charge on any atom is -0.467 e. The summed E-state index contributed by atoms with van der Waals surface area (Å²) < 4.78 is 19.2. The molecule has 0 radical (unpaired) electrons. The summed E-state index contributed by atoms with van der Waals surface area (Å²) in [6, 6.07) is 8.24. The Bertz CT molecular complexity index is 1420. The summed E-state index contributed by atoms with van der Waals surface area (Å²) in [6.45, 7) is 3.83. The van der Waals surface area contributed by atoms with Gasteiger partial charge in [0.25, 0.3) is 0 Å². The fourth-order valence-corrected chi connectivity index (χ4v) is 5.13. The van der Waals surface area contributed by atoms with E-state index in [4.69, 9.17) is 16.3 Å². The van der Waals surface area contributed by atoms with E-state index in [1.807, 2.05) is 0 Å². The van der Waals surface area contributed by atoms with E-state index in [0.717, 1.165) is 0 Å². The summed E-state index contributed by atoms with van der Waals surface area (Å²) in [4.78, 5) is 64.8. The highest BCUT2D eigenvalue weighted by atomic mass is 35.5. The molecular weight excluding hydrogens is 617 g/mol. The first-order chi connectivity index (χ1) is 22.0. The Morgan fingerprint density at radius 2 is 1.83 bits per heavy atom. The molecule has 0 aromatic heterocycles. The number of benzene rings is 2. The number of ether oxygens (including phenoxy) is 1. The van der Waals surface area contributed by atoms with Crippen molar-refractivity contribution >= 4 is 41.3 Å². The van der Waals surface area contributed by atoms with Gasteiger partial charge in [-0.05, 0) is 60.9 Å². The summed E-state index contributed by atoms with van der Waals surface area (Å²) in [6.07, 6.45) is 4.15. The molecule has 0 fully saturated rings. The van der Waals surface area contributed by atoms with Crippen molar-refractivity contribution in [2.45, 2.75) is 70.1 Å². The van der Waals surface area contributed by atoms with Gasteiger partial charge in [-0.2, -0.15) is 0 Å². The fraction of sp³-hybridized carbons (Fsp3) is 0.424. The van der Waals surface area contributed by atoms with Crippen LogP contribution < -0.4 is 26.6 Å². The van der Waals surface area contributed by atoms with Gasteiger partial charge in [0.05, 0.1) is 13.2 Å². The van der Waals surface area contributed by atoms with Gasteiger partial charge in [0.1, 0.15) is 23.9 Å². The topological polar surface area (TPSA) is 155 Å². The predicted octanol–water partition coefficient (Wildman–Crippen LogP) is 2.96. The lowest BCUT2D eigenvalue weighted by atomic mass is 10.0. The Hall–Kier alpha value is -4.45. The van der Waals surface area contributed by atoms with Crippen LogP contribution >= 0.6 is 11.6 Å². The molecule has 2 aromatic rings. The molecule has 1 aliphatic rings. The summed E-state index contributed by atoms with van der Waals surface area (Å²) in [5, 5.41) is 14.0. The number of hydrogen-bond acceptors (Lipinski definition) is 6. The maximum absolute atomic E-state index is 14.5. The molecule has 5 amide bonds. The maximum atomic E-state index is 14.5. The minimum absolute atomic E-state index is 0.0312. The standard InChI is InChI=1S/C33H41ClFN5O6/c1-20(2)29(32(44)46-3)40-33(45)39-27(18-21-9-8-11-23(34)17-21)31(43)38-26-13-6-7-16-36-28(41)15-14-24(37-30(26)42)19-22-10-4-5-12-25(22)35/h4-5,8-12,14-15,17,20,24,26-27,29H,6-7,13,16,18-19H2,1-3H3,(H,36,41)(H,37,42)(H,38,43)(H2,39,40,45)/t24-,26+,27?,29?/m1/s1. The fourth-order valence-electron chi connectivity index (χ4n) is 4.91. The van der Waals surface area contributed by atoms with Gasteiger partial charge in [-0.25, -0.2) is 14.0 Å². The molecule has 0 saturated heterocycles. The molecule has 0 bridgehead atoms. The number of nitrogens with one attached hydrogen (secondary N) is 5. The zero-order valence-electron chi connectivity index (χ0n) is 26.1. The van der Waals surface area contributed by atoms with Crippen LogP contribution in [-0.2, 0) is 36.8 Å². The lowest BCUT2D eigenvalue weighted by molar-refractivity contribution is -0.144. The molecule has 2 unspecified atom stereocenters. The third kappa shape index (κ3) is 11.5. The molecule has 4 atom stereocenters. The van der Waals surface area contributed by atoms with Crippen molar-refractivity contribution in [3.05, 3.63) is 82.6 Å². The second-order valence-corrected chi connectivity index (χ2v) is 11.8. The van der Waals surface area contributed by atoms with Crippen molar-refractivity contribution in [2.75, 3.05) is 13.7 Å². The van der Waals surface area contributed by atoms with Gasteiger partial charge < -0.3 is 31.3 Å². The van der Waals surface area contributed by atoms with E-state index in [1.54, 1.807) is 56.3 Å². The smallest absolute Gasteiger partial charge is 0.328 e. The van der Waals surface area contributed by atoms with Gasteiger partial charge in [-0.1, -0.05) is 61.9 Å². The number of carbonyl (C=O) groups is 5. The highest BCUT2D eigenvalue weighted by molar-refractivity contribution is 6.30. The van der Waals surface area contributed by atoms with Crippen LogP contribution in [0.4, 0.5) is 9.18 Å². The van der Waals surface area contributed by atoms with Gasteiger partial charge >= 0.3 is 12.0 Å². The molecule has 5 N–H and O–H groups in total. The molecule has 0 spiro atoms. The Balaban J connectivity index is 1.83. The van der Waals surface area contributed by atoms with E-state index in [2.05, 4.69) is 26.6 Å². The van der Waals surface area contributed by atoms with Gasteiger partial charge in [0.15, 0.2) is 0 Å². The lowest BCUT2D eigenvalue weighted by Crippen LogP contribution is -2.58. The van der Waals surface area contributed by atoms with Crippen molar-refractivity contribution in [1.82, 2.24) is 26.6 Å². The minimum atomic E-state index is -1.16. The summed E-state index contributed by atoms with van der Waals surface area (Å²) in [5.74, 6) is -2.90. The average molecular weight is 658 g/mol. The van der Waals surface area contributed by atoms with Crippen LogP contribution in [0.2, 0.25) is 5.02 Å². The van der Waals surface area contributed by atoms with Crippen LogP contribution in [0.5, 0.6) is 0 Å². The maximum Gasteiger partial charge on any atom is 0.328 e. The summed E-state index contributed by atoms with van der Waals surface area (Å²) >= 11 is 6.16. The monoisotopic (exact) mass is 657 g/mol. The van der Waals surface area contributed by atoms with Crippen LogP contribution in [0.25, 0.3) is 0 Å². The number of halogens is 2. The van der Waals surface area contributed by atoms with Crippen molar-refractivity contribution in [3.8, 4) is 0 Å². The number of methoxy groups -OCH3 is 1. The van der Waals surface area contributed by atoms with E-state index < -0.39 is 53.8 Å². The normalized spacial score (nSPS) is 18.6. The highest BCUT2D eigenvalue weighted by Gasteiger charge is 2.30. The quantitative estimate of drug-likeness (QED) is 0.248. The Labute approximate surface area is 273 Å². The molecule has 1 heterocycles. The molecule has 0 aliphatic carbocycles. The van der Waals surface area contributed by atoms with E-state index in [-0.39, 0.29) is 31.1 Å².